The molecule has 1 fully saturated rings. The summed E-state index contributed by atoms with van der Waals surface area (Å²) in [5.74, 6) is 9.99. The molecule has 0 atom stereocenters. The highest BCUT2D eigenvalue weighted by Gasteiger charge is 2.21. The number of rotatable bonds is 10. The van der Waals surface area contributed by atoms with E-state index in [4.69, 9.17) is 9.47 Å². The van der Waals surface area contributed by atoms with Crippen molar-refractivity contribution in [2.24, 2.45) is 11.8 Å². The van der Waals surface area contributed by atoms with Crippen LogP contribution in [0.1, 0.15) is 82.8 Å². The molecule has 2 aromatic carbocycles. The average Bonchev–Trinajstić information content (AvgIpc) is 2.82. The molecule has 166 valence electrons. The lowest BCUT2D eigenvalue weighted by Crippen LogP contribution is -2.20. The van der Waals surface area contributed by atoms with E-state index in [2.05, 4.69) is 25.7 Å². The first-order chi connectivity index (χ1) is 15.3. The van der Waals surface area contributed by atoms with Crippen LogP contribution < -0.4 is 9.47 Å². The molecule has 2 aromatic rings. The summed E-state index contributed by atoms with van der Waals surface area (Å²) in [4.78, 5) is 0. The van der Waals surface area contributed by atoms with Crippen LogP contribution in [0.25, 0.3) is 0 Å². The normalized spacial score (nSPS) is 18.1. The van der Waals surface area contributed by atoms with Crippen LogP contribution in [0.4, 0.5) is 0 Å². The third kappa shape index (κ3) is 8.33. The molecular formula is C29H38O2. The van der Waals surface area contributed by atoms with Gasteiger partial charge in [-0.3, -0.25) is 0 Å². The molecule has 0 aromatic heterocycles. The van der Waals surface area contributed by atoms with Gasteiger partial charge in [0.25, 0.3) is 0 Å². The second kappa shape index (κ2) is 13.1. The van der Waals surface area contributed by atoms with Crippen molar-refractivity contribution < 1.29 is 9.47 Å². The van der Waals surface area contributed by atoms with Gasteiger partial charge >= 0.3 is 0 Å². The lowest BCUT2D eigenvalue weighted by atomic mass is 9.80. The van der Waals surface area contributed by atoms with E-state index in [0.29, 0.717) is 5.92 Å². The fourth-order valence-corrected chi connectivity index (χ4v) is 4.22. The quantitative estimate of drug-likeness (QED) is 0.291. The fourth-order valence-electron chi connectivity index (χ4n) is 4.22. The van der Waals surface area contributed by atoms with Crippen LogP contribution in [0.2, 0.25) is 0 Å². The lowest BCUT2D eigenvalue weighted by molar-refractivity contribution is 0.177. The van der Waals surface area contributed by atoms with Gasteiger partial charge in [0, 0.05) is 11.1 Å². The number of unbranched alkanes of at least 4 members (excludes halogenated alkanes) is 2. The van der Waals surface area contributed by atoms with E-state index < -0.39 is 0 Å². The monoisotopic (exact) mass is 418 g/mol. The van der Waals surface area contributed by atoms with Crippen molar-refractivity contribution in [2.45, 2.75) is 71.6 Å². The van der Waals surface area contributed by atoms with Gasteiger partial charge in [0.1, 0.15) is 11.5 Å². The maximum Gasteiger partial charge on any atom is 0.119 e. The Morgan fingerprint density at radius 2 is 1.23 bits per heavy atom. The van der Waals surface area contributed by atoms with E-state index in [-0.39, 0.29) is 0 Å². The van der Waals surface area contributed by atoms with Crippen LogP contribution in [-0.4, -0.2) is 13.2 Å². The largest absolute Gasteiger partial charge is 0.494 e. The molecule has 0 N–H and O–H groups in total. The van der Waals surface area contributed by atoms with Gasteiger partial charge in [0.05, 0.1) is 13.2 Å². The van der Waals surface area contributed by atoms with Crippen LogP contribution in [0.15, 0.2) is 48.5 Å². The summed E-state index contributed by atoms with van der Waals surface area (Å²) in [6, 6.07) is 16.2. The van der Waals surface area contributed by atoms with Gasteiger partial charge in [-0.1, -0.05) is 64.2 Å². The Morgan fingerprint density at radius 1 is 0.677 bits per heavy atom. The van der Waals surface area contributed by atoms with Gasteiger partial charge in [-0.05, 0) is 79.6 Å². The molecule has 1 aliphatic carbocycles. The first-order valence-electron chi connectivity index (χ1n) is 12.2. The summed E-state index contributed by atoms with van der Waals surface area (Å²) in [5, 5.41) is 0. The highest BCUT2D eigenvalue weighted by atomic mass is 16.5. The molecule has 0 saturated heterocycles. The second-order valence-electron chi connectivity index (χ2n) is 8.84. The first kappa shape index (κ1) is 23.3. The summed E-state index contributed by atoms with van der Waals surface area (Å²) < 4.78 is 11.7. The van der Waals surface area contributed by atoms with Gasteiger partial charge in [0.15, 0.2) is 0 Å². The minimum atomic E-state index is 0.714. The van der Waals surface area contributed by atoms with Crippen molar-refractivity contribution in [1.29, 1.82) is 0 Å². The molecule has 0 radical (unpaired) electrons. The van der Waals surface area contributed by atoms with E-state index in [9.17, 15) is 0 Å². The van der Waals surface area contributed by atoms with Crippen molar-refractivity contribution in [2.75, 3.05) is 13.2 Å². The summed E-state index contributed by atoms with van der Waals surface area (Å²) in [6.45, 7) is 5.99. The third-order valence-corrected chi connectivity index (χ3v) is 6.20. The molecule has 0 heterocycles. The Hall–Kier alpha value is -2.40. The van der Waals surface area contributed by atoms with Crippen molar-refractivity contribution in [3.8, 4) is 23.3 Å². The van der Waals surface area contributed by atoms with Crippen LogP contribution in [0.3, 0.4) is 0 Å². The van der Waals surface area contributed by atoms with E-state index >= 15 is 0 Å². The SMILES string of the molecule is CCCCC[C@H]1CC[C@H](COc2ccc(C#Cc3ccc(OCCC)cc3)cc2)CC1. The number of ether oxygens (including phenoxy) is 2. The van der Waals surface area contributed by atoms with Crippen LogP contribution in [0.5, 0.6) is 11.5 Å². The average molecular weight is 419 g/mol. The van der Waals surface area contributed by atoms with Crippen LogP contribution in [-0.2, 0) is 0 Å². The summed E-state index contributed by atoms with van der Waals surface area (Å²) >= 11 is 0. The molecule has 1 saturated carbocycles. The molecule has 2 nitrogen and oxygen atoms in total. The molecule has 0 bridgehead atoms. The van der Waals surface area contributed by atoms with Gasteiger partial charge in [-0.2, -0.15) is 0 Å². The van der Waals surface area contributed by atoms with E-state index in [0.717, 1.165) is 48.2 Å². The molecule has 1 aliphatic rings. The standard InChI is InChI=1S/C29H38O2/c1-3-5-6-7-24-10-12-27(13-11-24)23-31-29-20-16-26(17-21-29)9-8-25-14-18-28(19-15-25)30-22-4-2/h14-21,24,27H,3-7,10-13,22-23H2,1-2H3/t24-,27-. The zero-order valence-electron chi connectivity index (χ0n) is 19.4. The highest BCUT2D eigenvalue weighted by Crippen LogP contribution is 2.32. The molecule has 0 aliphatic heterocycles. The molecule has 0 amide bonds. The highest BCUT2D eigenvalue weighted by molar-refractivity contribution is 5.45. The van der Waals surface area contributed by atoms with Crippen LogP contribution in [0, 0.1) is 23.7 Å². The van der Waals surface area contributed by atoms with E-state index in [1.165, 1.54) is 51.4 Å². The van der Waals surface area contributed by atoms with Gasteiger partial charge in [-0.25, -0.2) is 0 Å². The van der Waals surface area contributed by atoms with Crippen LogP contribution >= 0.6 is 0 Å². The van der Waals surface area contributed by atoms with Crippen molar-refractivity contribution in [3.63, 3.8) is 0 Å². The lowest BCUT2D eigenvalue weighted by Gasteiger charge is -2.28. The summed E-state index contributed by atoms with van der Waals surface area (Å²) in [7, 11) is 0. The molecule has 0 spiro atoms. The Labute approximate surface area is 189 Å². The van der Waals surface area contributed by atoms with Gasteiger partial charge < -0.3 is 9.47 Å². The number of hydrogen-bond acceptors (Lipinski definition) is 2. The maximum atomic E-state index is 6.08. The van der Waals surface area contributed by atoms with Gasteiger partial charge in [0.2, 0.25) is 0 Å². The maximum absolute atomic E-state index is 6.08. The molecule has 2 heteroatoms. The molecular weight excluding hydrogens is 380 g/mol. The van der Waals surface area contributed by atoms with Crippen molar-refractivity contribution in [3.05, 3.63) is 59.7 Å². The predicted octanol–water partition coefficient (Wildman–Crippen LogP) is 7.64. The number of hydrogen-bond donors (Lipinski definition) is 0. The zero-order chi connectivity index (χ0) is 21.7. The smallest absolute Gasteiger partial charge is 0.119 e. The Morgan fingerprint density at radius 3 is 1.77 bits per heavy atom. The summed E-state index contributed by atoms with van der Waals surface area (Å²) in [5.41, 5.74) is 2.00. The number of benzene rings is 2. The Kier molecular flexibility index (Phi) is 9.84. The van der Waals surface area contributed by atoms with Crippen molar-refractivity contribution >= 4 is 0 Å². The first-order valence-corrected chi connectivity index (χ1v) is 12.2. The van der Waals surface area contributed by atoms with E-state index in [1.807, 2.05) is 48.5 Å². The molecule has 3 rings (SSSR count). The Balaban J connectivity index is 1.40. The summed E-state index contributed by atoms with van der Waals surface area (Å²) in [6.07, 6.45) is 12.0. The third-order valence-electron chi connectivity index (χ3n) is 6.20. The fraction of sp³-hybridized carbons (Fsp3) is 0.517. The predicted molar refractivity (Wildman–Crippen MR) is 130 cm³/mol. The minimum Gasteiger partial charge on any atom is -0.494 e. The minimum absolute atomic E-state index is 0.714. The van der Waals surface area contributed by atoms with Gasteiger partial charge in [-0.15, -0.1) is 0 Å². The second-order valence-corrected chi connectivity index (χ2v) is 8.84. The Bertz CT molecular complexity index is 803. The molecule has 31 heavy (non-hydrogen) atoms. The molecule has 0 unspecified atom stereocenters. The van der Waals surface area contributed by atoms with Crippen molar-refractivity contribution in [1.82, 2.24) is 0 Å². The van der Waals surface area contributed by atoms with E-state index in [1.54, 1.807) is 0 Å². The zero-order valence-corrected chi connectivity index (χ0v) is 19.4. The topological polar surface area (TPSA) is 18.5 Å².